The second kappa shape index (κ2) is 7.86. The van der Waals surface area contributed by atoms with E-state index in [2.05, 4.69) is 6.58 Å². The van der Waals surface area contributed by atoms with Crippen LogP contribution in [0.2, 0.25) is 0 Å². The Bertz CT molecular complexity index is 460. The van der Waals surface area contributed by atoms with Gasteiger partial charge < -0.3 is 14.6 Å². The van der Waals surface area contributed by atoms with Gasteiger partial charge in [0.1, 0.15) is 6.10 Å². The zero-order valence-electron chi connectivity index (χ0n) is 14.2. The van der Waals surface area contributed by atoms with E-state index in [1.165, 1.54) is 6.08 Å². The minimum atomic E-state index is -0.772. The summed E-state index contributed by atoms with van der Waals surface area (Å²) in [4.78, 5) is 12.4. The van der Waals surface area contributed by atoms with Crippen molar-refractivity contribution in [2.75, 3.05) is 0 Å². The second-order valence-electron chi connectivity index (χ2n) is 6.44. The van der Waals surface area contributed by atoms with E-state index in [1.807, 2.05) is 26.0 Å². The summed E-state index contributed by atoms with van der Waals surface area (Å²) in [6.07, 6.45) is 6.21. The number of ketones is 1. The molecule has 1 rings (SSSR count). The van der Waals surface area contributed by atoms with E-state index in [0.29, 0.717) is 6.42 Å². The fraction of sp³-hybridized carbons (Fsp3) is 0.611. The Hall–Kier alpha value is -1.23. The molecule has 1 N–H and O–H groups in total. The van der Waals surface area contributed by atoms with Crippen LogP contribution in [0.4, 0.5) is 0 Å². The van der Waals surface area contributed by atoms with Gasteiger partial charge in [-0.2, -0.15) is 0 Å². The quantitative estimate of drug-likeness (QED) is 0.580. The molecule has 0 aromatic heterocycles. The monoisotopic (exact) mass is 308 g/mol. The SMILES string of the molecule is C=C(C)/C=C/CC1OC(C)(C)OC1C(=O)/C=C\[C@@H](C)C(C)O. The molecule has 0 aliphatic carbocycles. The molecule has 4 nitrogen and oxygen atoms in total. The predicted octanol–water partition coefficient (Wildman–Crippen LogP) is 3.17. The van der Waals surface area contributed by atoms with Crippen LogP contribution in [-0.2, 0) is 14.3 Å². The summed E-state index contributed by atoms with van der Waals surface area (Å²) in [6.45, 7) is 12.9. The Morgan fingerprint density at radius 3 is 2.50 bits per heavy atom. The fourth-order valence-electron chi connectivity index (χ4n) is 2.15. The highest BCUT2D eigenvalue weighted by Gasteiger charge is 2.43. The minimum Gasteiger partial charge on any atom is -0.393 e. The Balaban J connectivity index is 2.75. The van der Waals surface area contributed by atoms with Crippen molar-refractivity contribution in [2.24, 2.45) is 5.92 Å². The summed E-state index contributed by atoms with van der Waals surface area (Å²) in [5.41, 5.74) is 0.951. The van der Waals surface area contributed by atoms with Gasteiger partial charge in [-0.3, -0.25) is 4.79 Å². The first-order valence-corrected chi connectivity index (χ1v) is 7.70. The van der Waals surface area contributed by atoms with E-state index in [0.717, 1.165) is 5.57 Å². The van der Waals surface area contributed by atoms with Crippen molar-refractivity contribution in [1.29, 1.82) is 0 Å². The molecule has 1 fully saturated rings. The van der Waals surface area contributed by atoms with Crippen LogP contribution in [-0.4, -0.2) is 35.0 Å². The molecule has 22 heavy (non-hydrogen) atoms. The number of allylic oxidation sites excluding steroid dienone is 2. The van der Waals surface area contributed by atoms with Gasteiger partial charge in [0.25, 0.3) is 0 Å². The maximum Gasteiger partial charge on any atom is 0.186 e. The largest absolute Gasteiger partial charge is 0.393 e. The molecular weight excluding hydrogens is 280 g/mol. The molecule has 4 heteroatoms. The van der Waals surface area contributed by atoms with Gasteiger partial charge >= 0.3 is 0 Å². The first-order chi connectivity index (χ1) is 10.1. The Morgan fingerprint density at radius 2 is 1.95 bits per heavy atom. The van der Waals surface area contributed by atoms with Crippen molar-refractivity contribution in [3.05, 3.63) is 36.5 Å². The normalized spacial score (nSPS) is 27.4. The molecule has 0 amide bonds. The highest BCUT2D eigenvalue weighted by Crippen LogP contribution is 2.31. The van der Waals surface area contributed by atoms with Gasteiger partial charge in [0.15, 0.2) is 11.6 Å². The summed E-state index contributed by atoms with van der Waals surface area (Å²) in [5.74, 6) is -0.987. The molecule has 0 aromatic rings. The average molecular weight is 308 g/mol. The number of hydrogen-bond donors (Lipinski definition) is 1. The molecule has 0 radical (unpaired) electrons. The van der Waals surface area contributed by atoms with Gasteiger partial charge in [0, 0.05) is 5.92 Å². The van der Waals surface area contributed by atoms with Crippen molar-refractivity contribution in [1.82, 2.24) is 0 Å². The lowest BCUT2D eigenvalue weighted by Crippen LogP contribution is -2.30. The van der Waals surface area contributed by atoms with Crippen LogP contribution < -0.4 is 0 Å². The Kier molecular flexibility index (Phi) is 6.72. The van der Waals surface area contributed by atoms with Gasteiger partial charge in [-0.15, -0.1) is 0 Å². The number of aliphatic hydroxyl groups is 1. The lowest BCUT2D eigenvalue weighted by molar-refractivity contribution is -0.152. The van der Waals surface area contributed by atoms with Gasteiger partial charge in [0.2, 0.25) is 0 Å². The van der Waals surface area contributed by atoms with Crippen LogP contribution in [0.25, 0.3) is 0 Å². The number of aliphatic hydroxyl groups excluding tert-OH is 1. The third kappa shape index (κ3) is 5.87. The van der Waals surface area contributed by atoms with E-state index in [1.54, 1.807) is 26.8 Å². The van der Waals surface area contributed by atoms with Crippen LogP contribution in [0.15, 0.2) is 36.5 Å². The van der Waals surface area contributed by atoms with Gasteiger partial charge in [-0.05, 0) is 40.2 Å². The smallest absolute Gasteiger partial charge is 0.186 e. The Labute approximate surface area is 133 Å². The fourth-order valence-corrected chi connectivity index (χ4v) is 2.15. The predicted molar refractivity (Wildman–Crippen MR) is 87.4 cm³/mol. The molecular formula is C18H28O4. The molecule has 0 aromatic carbocycles. The zero-order valence-corrected chi connectivity index (χ0v) is 14.2. The van der Waals surface area contributed by atoms with Crippen LogP contribution in [0, 0.1) is 5.92 Å². The van der Waals surface area contributed by atoms with Crippen LogP contribution >= 0.6 is 0 Å². The standard InChI is InChI=1S/C18H28O4/c1-12(2)8-7-9-16-17(22-18(5,6)21-16)15(20)11-10-13(3)14(4)19/h7-8,10-11,13-14,16-17,19H,1,9H2,2-6H3/b8-7+,11-10-/t13-,14?,16?,17?/m1/s1. The average Bonchev–Trinajstić information content (AvgIpc) is 2.70. The topological polar surface area (TPSA) is 55.8 Å². The van der Waals surface area contributed by atoms with E-state index in [-0.39, 0.29) is 17.8 Å². The lowest BCUT2D eigenvalue weighted by Gasteiger charge is -2.16. The van der Waals surface area contributed by atoms with E-state index >= 15 is 0 Å². The van der Waals surface area contributed by atoms with Crippen LogP contribution in [0.5, 0.6) is 0 Å². The molecule has 1 aliphatic rings. The van der Waals surface area contributed by atoms with Gasteiger partial charge in [-0.1, -0.05) is 37.3 Å². The third-order valence-electron chi connectivity index (χ3n) is 3.56. The summed E-state index contributed by atoms with van der Waals surface area (Å²) >= 11 is 0. The molecule has 3 unspecified atom stereocenters. The van der Waals surface area contributed by atoms with E-state index < -0.39 is 18.0 Å². The molecule has 1 saturated heterocycles. The molecule has 0 bridgehead atoms. The number of hydrogen-bond acceptors (Lipinski definition) is 4. The molecule has 0 saturated carbocycles. The lowest BCUT2D eigenvalue weighted by atomic mass is 10.0. The van der Waals surface area contributed by atoms with E-state index in [4.69, 9.17) is 9.47 Å². The summed E-state index contributed by atoms with van der Waals surface area (Å²) in [6, 6.07) is 0. The minimum absolute atomic E-state index is 0.0824. The molecule has 1 heterocycles. The number of carbonyl (C=O) groups is 1. The Morgan fingerprint density at radius 1 is 1.32 bits per heavy atom. The molecule has 0 spiro atoms. The van der Waals surface area contributed by atoms with E-state index in [9.17, 15) is 9.90 Å². The highest BCUT2D eigenvalue weighted by atomic mass is 16.8. The summed E-state index contributed by atoms with van der Waals surface area (Å²) < 4.78 is 11.5. The van der Waals surface area contributed by atoms with Crippen molar-refractivity contribution in [3.8, 4) is 0 Å². The van der Waals surface area contributed by atoms with Crippen LogP contribution in [0.3, 0.4) is 0 Å². The highest BCUT2D eigenvalue weighted by molar-refractivity contribution is 5.94. The second-order valence-corrected chi connectivity index (χ2v) is 6.44. The zero-order chi connectivity index (χ0) is 16.9. The number of carbonyl (C=O) groups excluding carboxylic acids is 1. The first kappa shape index (κ1) is 18.8. The first-order valence-electron chi connectivity index (χ1n) is 7.70. The van der Waals surface area contributed by atoms with Crippen LogP contribution in [0.1, 0.15) is 41.0 Å². The van der Waals surface area contributed by atoms with Crippen molar-refractivity contribution in [2.45, 2.75) is 65.1 Å². The maximum absolute atomic E-state index is 12.4. The van der Waals surface area contributed by atoms with Crippen molar-refractivity contribution >= 4 is 5.78 Å². The number of rotatable bonds is 7. The molecule has 1 aliphatic heterocycles. The van der Waals surface area contributed by atoms with Crippen molar-refractivity contribution < 1.29 is 19.4 Å². The molecule has 4 atom stereocenters. The summed E-state index contributed by atoms with van der Waals surface area (Å²) in [5, 5.41) is 9.47. The summed E-state index contributed by atoms with van der Waals surface area (Å²) in [7, 11) is 0. The van der Waals surface area contributed by atoms with Crippen molar-refractivity contribution in [3.63, 3.8) is 0 Å². The third-order valence-corrected chi connectivity index (χ3v) is 3.56. The van der Waals surface area contributed by atoms with Gasteiger partial charge in [0.05, 0.1) is 12.2 Å². The number of ether oxygens (including phenoxy) is 2. The molecule has 124 valence electrons. The van der Waals surface area contributed by atoms with Gasteiger partial charge in [-0.25, -0.2) is 0 Å². The maximum atomic E-state index is 12.4.